The van der Waals surface area contributed by atoms with Gasteiger partial charge in [0.1, 0.15) is 0 Å². The molecule has 0 saturated carbocycles. The van der Waals surface area contributed by atoms with Gasteiger partial charge in [0, 0.05) is 22.9 Å². The van der Waals surface area contributed by atoms with Gasteiger partial charge in [-0.25, -0.2) is 0 Å². The number of thiophene rings is 1. The minimum absolute atomic E-state index is 0. The van der Waals surface area contributed by atoms with Crippen LogP contribution in [-0.4, -0.2) is 23.2 Å². The maximum absolute atomic E-state index is 11.4. The molecule has 5 heteroatoms. The SMILES string of the molecule is Cl.O=C(O)C1CC2CCC(N2)C1c1cccs1. The Kier molecular flexibility index (Phi) is 3.76. The average Bonchev–Trinajstić information content (AvgIpc) is 2.89. The molecule has 3 rings (SSSR count). The summed E-state index contributed by atoms with van der Waals surface area (Å²) in [5.74, 6) is -0.648. The molecule has 2 bridgehead atoms. The van der Waals surface area contributed by atoms with Crippen molar-refractivity contribution in [3.05, 3.63) is 22.4 Å². The summed E-state index contributed by atoms with van der Waals surface area (Å²) in [5, 5.41) is 14.9. The molecule has 2 aliphatic heterocycles. The smallest absolute Gasteiger partial charge is 0.307 e. The Bertz CT molecular complexity index is 395. The van der Waals surface area contributed by atoms with E-state index in [2.05, 4.69) is 11.4 Å². The number of nitrogens with one attached hydrogen (secondary N) is 1. The molecule has 1 aromatic rings. The van der Waals surface area contributed by atoms with Crippen LogP contribution >= 0.6 is 23.7 Å². The Hall–Kier alpha value is -0.580. The van der Waals surface area contributed by atoms with Crippen LogP contribution in [0.25, 0.3) is 0 Å². The summed E-state index contributed by atoms with van der Waals surface area (Å²) in [4.78, 5) is 12.6. The van der Waals surface area contributed by atoms with Crippen molar-refractivity contribution in [2.75, 3.05) is 0 Å². The number of carboxylic acid groups (broad SMARTS) is 1. The first-order valence-electron chi connectivity index (χ1n) is 5.78. The van der Waals surface area contributed by atoms with Gasteiger partial charge in [-0.3, -0.25) is 4.79 Å². The zero-order valence-electron chi connectivity index (χ0n) is 9.33. The number of hydrogen-bond acceptors (Lipinski definition) is 3. The number of aliphatic carboxylic acids is 1. The Morgan fingerprint density at radius 1 is 1.47 bits per heavy atom. The number of halogens is 1. The minimum Gasteiger partial charge on any atom is -0.481 e. The second-order valence-electron chi connectivity index (χ2n) is 4.77. The van der Waals surface area contributed by atoms with E-state index in [1.165, 1.54) is 4.88 Å². The van der Waals surface area contributed by atoms with Gasteiger partial charge >= 0.3 is 5.97 Å². The molecule has 1 aromatic heterocycles. The first kappa shape index (κ1) is 12.9. The fourth-order valence-corrected chi connectivity index (χ4v) is 4.14. The van der Waals surface area contributed by atoms with Crippen molar-refractivity contribution in [2.45, 2.75) is 37.3 Å². The summed E-state index contributed by atoms with van der Waals surface area (Å²) in [6.07, 6.45) is 3.04. The van der Waals surface area contributed by atoms with E-state index in [1.807, 2.05) is 11.4 Å². The topological polar surface area (TPSA) is 49.3 Å². The van der Waals surface area contributed by atoms with Gasteiger partial charge in [0.05, 0.1) is 5.92 Å². The Morgan fingerprint density at radius 3 is 2.94 bits per heavy atom. The number of carboxylic acids is 1. The van der Waals surface area contributed by atoms with Crippen molar-refractivity contribution in [1.29, 1.82) is 0 Å². The molecule has 94 valence electrons. The number of rotatable bonds is 2. The third kappa shape index (κ3) is 2.21. The molecule has 0 aliphatic carbocycles. The van der Waals surface area contributed by atoms with Gasteiger partial charge in [-0.05, 0) is 30.7 Å². The van der Waals surface area contributed by atoms with Crippen LogP contribution in [0.15, 0.2) is 17.5 Å². The van der Waals surface area contributed by atoms with E-state index in [1.54, 1.807) is 11.3 Å². The summed E-state index contributed by atoms with van der Waals surface area (Å²) in [7, 11) is 0. The van der Waals surface area contributed by atoms with Crippen molar-refractivity contribution >= 4 is 29.7 Å². The molecule has 2 N–H and O–H groups in total. The zero-order chi connectivity index (χ0) is 11.1. The summed E-state index contributed by atoms with van der Waals surface area (Å²) in [6, 6.07) is 4.90. The van der Waals surface area contributed by atoms with Crippen LogP contribution in [0.3, 0.4) is 0 Å². The number of carbonyl (C=O) groups is 1. The van der Waals surface area contributed by atoms with Crippen molar-refractivity contribution < 1.29 is 9.90 Å². The molecular weight excluding hydrogens is 258 g/mol. The maximum Gasteiger partial charge on any atom is 0.307 e. The van der Waals surface area contributed by atoms with Crippen LogP contribution in [0.5, 0.6) is 0 Å². The van der Waals surface area contributed by atoms with Crippen LogP contribution in [-0.2, 0) is 4.79 Å². The van der Waals surface area contributed by atoms with Crippen LogP contribution < -0.4 is 5.32 Å². The third-order valence-electron chi connectivity index (χ3n) is 3.87. The minimum atomic E-state index is -0.628. The average molecular weight is 274 g/mol. The van der Waals surface area contributed by atoms with Crippen LogP contribution in [0.2, 0.25) is 0 Å². The van der Waals surface area contributed by atoms with Crippen LogP contribution in [0.4, 0.5) is 0 Å². The van der Waals surface area contributed by atoms with Crippen LogP contribution in [0.1, 0.15) is 30.1 Å². The van der Waals surface area contributed by atoms with E-state index in [0.29, 0.717) is 12.1 Å². The molecule has 0 spiro atoms. The van der Waals surface area contributed by atoms with E-state index >= 15 is 0 Å². The third-order valence-corrected chi connectivity index (χ3v) is 4.84. The van der Waals surface area contributed by atoms with E-state index in [-0.39, 0.29) is 24.2 Å². The second kappa shape index (κ2) is 4.96. The Balaban J connectivity index is 0.00000108. The lowest BCUT2D eigenvalue weighted by atomic mass is 9.80. The first-order chi connectivity index (χ1) is 7.75. The van der Waals surface area contributed by atoms with Crippen molar-refractivity contribution in [2.24, 2.45) is 5.92 Å². The second-order valence-corrected chi connectivity index (χ2v) is 5.75. The molecule has 0 amide bonds. The molecule has 3 heterocycles. The van der Waals surface area contributed by atoms with E-state index in [0.717, 1.165) is 19.3 Å². The molecule has 0 radical (unpaired) electrons. The molecule has 2 saturated heterocycles. The van der Waals surface area contributed by atoms with E-state index < -0.39 is 5.97 Å². The Morgan fingerprint density at radius 2 is 2.29 bits per heavy atom. The summed E-state index contributed by atoms with van der Waals surface area (Å²) >= 11 is 1.68. The van der Waals surface area contributed by atoms with Gasteiger partial charge in [0.25, 0.3) is 0 Å². The van der Waals surface area contributed by atoms with Gasteiger partial charge in [-0.15, -0.1) is 23.7 Å². The van der Waals surface area contributed by atoms with Crippen molar-refractivity contribution in [1.82, 2.24) is 5.32 Å². The highest BCUT2D eigenvalue weighted by Crippen LogP contribution is 2.43. The molecule has 3 nitrogen and oxygen atoms in total. The lowest BCUT2D eigenvalue weighted by Gasteiger charge is -2.34. The molecule has 4 atom stereocenters. The van der Waals surface area contributed by atoms with Crippen molar-refractivity contribution in [3.8, 4) is 0 Å². The lowest BCUT2D eigenvalue weighted by Crippen LogP contribution is -2.46. The lowest BCUT2D eigenvalue weighted by molar-refractivity contribution is -0.143. The summed E-state index contributed by atoms with van der Waals surface area (Å²) in [5.41, 5.74) is 0. The van der Waals surface area contributed by atoms with Gasteiger partial charge < -0.3 is 10.4 Å². The van der Waals surface area contributed by atoms with Gasteiger partial charge in [-0.1, -0.05) is 6.07 Å². The van der Waals surface area contributed by atoms with Gasteiger partial charge in [0.15, 0.2) is 0 Å². The quantitative estimate of drug-likeness (QED) is 0.870. The highest BCUT2D eigenvalue weighted by molar-refractivity contribution is 7.10. The predicted octanol–water partition coefficient (Wildman–Crippen LogP) is 2.48. The highest BCUT2D eigenvalue weighted by Gasteiger charge is 2.45. The normalized spacial score (nSPS) is 35.3. The molecule has 4 unspecified atom stereocenters. The number of fused-ring (bicyclic) bond motifs is 2. The largest absolute Gasteiger partial charge is 0.481 e. The number of hydrogen-bond donors (Lipinski definition) is 2. The van der Waals surface area contributed by atoms with Crippen LogP contribution in [0, 0.1) is 5.92 Å². The van der Waals surface area contributed by atoms with Gasteiger partial charge in [0.2, 0.25) is 0 Å². The summed E-state index contributed by atoms with van der Waals surface area (Å²) in [6.45, 7) is 0. The zero-order valence-corrected chi connectivity index (χ0v) is 11.0. The molecule has 2 fully saturated rings. The molecule has 2 aliphatic rings. The molecule has 17 heavy (non-hydrogen) atoms. The highest BCUT2D eigenvalue weighted by atomic mass is 35.5. The molecule has 0 aromatic carbocycles. The predicted molar refractivity (Wildman–Crippen MR) is 70.0 cm³/mol. The first-order valence-corrected chi connectivity index (χ1v) is 6.66. The fourth-order valence-electron chi connectivity index (χ4n) is 3.18. The standard InChI is InChI=1S/C12H15NO2S.ClH/c14-12(15)8-6-7-3-4-9(13-7)11(8)10-2-1-5-16-10;/h1-2,5,7-9,11,13H,3-4,6H2,(H,14,15);1H. The monoisotopic (exact) mass is 273 g/mol. The maximum atomic E-state index is 11.4. The van der Waals surface area contributed by atoms with E-state index in [9.17, 15) is 9.90 Å². The van der Waals surface area contributed by atoms with E-state index in [4.69, 9.17) is 0 Å². The van der Waals surface area contributed by atoms with Gasteiger partial charge in [-0.2, -0.15) is 0 Å². The summed E-state index contributed by atoms with van der Waals surface area (Å²) < 4.78 is 0. The molecular formula is C12H16ClNO2S. The number of piperidine rings is 1. The fraction of sp³-hybridized carbons (Fsp3) is 0.583. The Labute approximate surface area is 111 Å². The van der Waals surface area contributed by atoms with Crippen molar-refractivity contribution in [3.63, 3.8) is 0 Å².